The number of nitrogens with one attached hydrogen (secondary N) is 1. The highest BCUT2D eigenvalue weighted by molar-refractivity contribution is 5.98. The van der Waals surface area contributed by atoms with Gasteiger partial charge in [0.2, 0.25) is 0 Å². The summed E-state index contributed by atoms with van der Waals surface area (Å²) in [6, 6.07) is 10.2. The highest BCUT2D eigenvalue weighted by atomic mass is 19.1. The third-order valence-corrected chi connectivity index (χ3v) is 2.44. The van der Waals surface area contributed by atoms with Crippen molar-refractivity contribution in [2.24, 2.45) is 0 Å². The molecule has 4 nitrogen and oxygen atoms in total. The predicted octanol–water partition coefficient (Wildman–Crippen LogP) is 2.85. The predicted molar refractivity (Wildman–Crippen MR) is 67.5 cm³/mol. The van der Waals surface area contributed by atoms with Gasteiger partial charge >= 0.3 is 5.97 Å². The first-order valence-electron chi connectivity index (χ1n) is 5.22. The van der Waals surface area contributed by atoms with Crippen LogP contribution >= 0.6 is 0 Å². The Bertz CT molecular complexity index is 582. The summed E-state index contributed by atoms with van der Waals surface area (Å²) in [7, 11) is 0. The molecule has 0 heterocycles. The van der Waals surface area contributed by atoms with Crippen LogP contribution in [0.4, 0.5) is 21.5 Å². The lowest BCUT2D eigenvalue weighted by Crippen LogP contribution is -2.05. The minimum absolute atomic E-state index is 0.0688. The number of nitrogens with two attached hydrogens (primary N) is 1. The maximum Gasteiger partial charge on any atom is 0.337 e. The zero-order chi connectivity index (χ0) is 13.1. The zero-order valence-corrected chi connectivity index (χ0v) is 9.35. The Labute approximate surface area is 103 Å². The van der Waals surface area contributed by atoms with Crippen LogP contribution < -0.4 is 11.1 Å². The number of hydrogen-bond acceptors (Lipinski definition) is 3. The van der Waals surface area contributed by atoms with Gasteiger partial charge in [0.1, 0.15) is 5.82 Å². The Morgan fingerprint density at radius 1 is 1.17 bits per heavy atom. The molecule has 0 atom stereocenters. The molecule has 0 fully saturated rings. The molecular formula is C13H11FN2O2. The van der Waals surface area contributed by atoms with Crippen LogP contribution in [0.2, 0.25) is 0 Å². The summed E-state index contributed by atoms with van der Waals surface area (Å²) in [5.74, 6) is -1.44. The fourth-order valence-electron chi connectivity index (χ4n) is 1.57. The highest BCUT2D eigenvalue weighted by Gasteiger charge is 2.12. The van der Waals surface area contributed by atoms with Gasteiger partial charge in [-0.25, -0.2) is 9.18 Å². The summed E-state index contributed by atoms with van der Waals surface area (Å²) >= 11 is 0. The summed E-state index contributed by atoms with van der Waals surface area (Å²) in [5.41, 5.74) is 6.99. The first-order chi connectivity index (χ1) is 8.58. The van der Waals surface area contributed by atoms with Crippen LogP contribution in [0.5, 0.6) is 0 Å². The van der Waals surface area contributed by atoms with Gasteiger partial charge in [-0.05, 0) is 36.4 Å². The van der Waals surface area contributed by atoms with Crippen LogP contribution in [-0.4, -0.2) is 11.1 Å². The average molecular weight is 246 g/mol. The Morgan fingerprint density at radius 3 is 2.44 bits per heavy atom. The molecule has 0 bridgehead atoms. The normalized spacial score (nSPS) is 10.1. The van der Waals surface area contributed by atoms with Crippen molar-refractivity contribution in [2.75, 3.05) is 11.1 Å². The number of carboxylic acid groups (broad SMARTS) is 1. The van der Waals surface area contributed by atoms with Crippen molar-refractivity contribution in [1.29, 1.82) is 0 Å². The van der Waals surface area contributed by atoms with Crippen molar-refractivity contribution in [2.45, 2.75) is 0 Å². The van der Waals surface area contributed by atoms with Crippen molar-refractivity contribution in [3.05, 3.63) is 53.8 Å². The number of carbonyl (C=O) groups is 1. The van der Waals surface area contributed by atoms with Gasteiger partial charge in [0.05, 0.1) is 16.9 Å². The Kier molecular flexibility index (Phi) is 3.14. The second-order valence-electron chi connectivity index (χ2n) is 3.71. The molecule has 0 aromatic heterocycles. The third-order valence-electron chi connectivity index (χ3n) is 2.44. The van der Waals surface area contributed by atoms with E-state index in [2.05, 4.69) is 5.32 Å². The first kappa shape index (κ1) is 11.9. The summed E-state index contributed by atoms with van der Waals surface area (Å²) in [6.45, 7) is 0. The van der Waals surface area contributed by atoms with Crippen molar-refractivity contribution >= 4 is 23.0 Å². The summed E-state index contributed by atoms with van der Waals surface area (Å²) in [4.78, 5) is 11.1. The fraction of sp³-hybridized carbons (Fsp3) is 0. The Morgan fingerprint density at radius 2 is 1.83 bits per heavy atom. The highest BCUT2D eigenvalue weighted by Crippen LogP contribution is 2.27. The topological polar surface area (TPSA) is 75.4 Å². The quantitative estimate of drug-likeness (QED) is 0.728. The van der Waals surface area contributed by atoms with Crippen LogP contribution in [0.3, 0.4) is 0 Å². The van der Waals surface area contributed by atoms with E-state index >= 15 is 0 Å². The average Bonchev–Trinajstić information content (AvgIpc) is 2.34. The first-order valence-corrected chi connectivity index (χ1v) is 5.22. The number of para-hydroxylation sites is 1. The van der Waals surface area contributed by atoms with Gasteiger partial charge in [0.15, 0.2) is 0 Å². The molecule has 0 saturated heterocycles. The number of nitrogen functional groups attached to an aromatic ring is 1. The van der Waals surface area contributed by atoms with Gasteiger partial charge in [0, 0.05) is 5.69 Å². The van der Waals surface area contributed by atoms with E-state index in [0.29, 0.717) is 17.1 Å². The molecule has 0 saturated carbocycles. The van der Waals surface area contributed by atoms with Crippen LogP contribution in [0.15, 0.2) is 42.5 Å². The molecule has 2 rings (SSSR count). The van der Waals surface area contributed by atoms with E-state index in [-0.39, 0.29) is 11.4 Å². The molecule has 2 aromatic carbocycles. The lowest BCUT2D eigenvalue weighted by atomic mass is 10.1. The number of benzene rings is 2. The molecule has 2 aromatic rings. The van der Waals surface area contributed by atoms with E-state index in [1.165, 1.54) is 30.3 Å². The van der Waals surface area contributed by atoms with Crippen LogP contribution in [0, 0.1) is 5.82 Å². The maximum atomic E-state index is 12.8. The molecule has 0 aliphatic carbocycles. The summed E-state index contributed by atoms with van der Waals surface area (Å²) < 4.78 is 12.8. The van der Waals surface area contributed by atoms with Crippen molar-refractivity contribution in [3.8, 4) is 0 Å². The van der Waals surface area contributed by atoms with E-state index in [1.54, 1.807) is 12.1 Å². The molecule has 5 heteroatoms. The fourth-order valence-corrected chi connectivity index (χ4v) is 1.57. The van der Waals surface area contributed by atoms with Crippen LogP contribution in [0.1, 0.15) is 10.4 Å². The number of halogens is 1. The standard InChI is InChI=1S/C13H11FN2O2/c14-8-4-6-9(7-5-8)16-12-10(13(17)18)2-1-3-11(12)15/h1-7,16H,15H2,(H,17,18). The Hall–Kier alpha value is -2.56. The smallest absolute Gasteiger partial charge is 0.337 e. The molecule has 0 amide bonds. The van der Waals surface area contributed by atoms with Gasteiger partial charge in [-0.1, -0.05) is 6.07 Å². The lowest BCUT2D eigenvalue weighted by molar-refractivity contribution is 0.0698. The van der Waals surface area contributed by atoms with Crippen molar-refractivity contribution < 1.29 is 14.3 Å². The molecule has 0 unspecified atom stereocenters. The second-order valence-corrected chi connectivity index (χ2v) is 3.71. The second kappa shape index (κ2) is 4.75. The SMILES string of the molecule is Nc1cccc(C(=O)O)c1Nc1ccc(F)cc1. The lowest BCUT2D eigenvalue weighted by Gasteiger charge is -2.12. The zero-order valence-electron chi connectivity index (χ0n) is 9.35. The van der Waals surface area contributed by atoms with E-state index in [9.17, 15) is 9.18 Å². The van der Waals surface area contributed by atoms with Crippen LogP contribution in [0.25, 0.3) is 0 Å². The maximum absolute atomic E-state index is 12.8. The molecule has 92 valence electrons. The molecular weight excluding hydrogens is 235 g/mol. The number of rotatable bonds is 3. The van der Waals surface area contributed by atoms with Crippen LogP contribution in [-0.2, 0) is 0 Å². The van der Waals surface area contributed by atoms with Gasteiger partial charge in [-0.3, -0.25) is 0 Å². The van der Waals surface area contributed by atoms with E-state index in [4.69, 9.17) is 10.8 Å². The molecule has 18 heavy (non-hydrogen) atoms. The van der Waals surface area contributed by atoms with E-state index < -0.39 is 5.97 Å². The van der Waals surface area contributed by atoms with Gasteiger partial charge < -0.3 is 16.2 Å². The van der Waals surface area contributed by atoms with E-state index in [0.717, 1.165) is 0 Å². The largest absolute Gasteiger partial charge is 0.478 e. The molecule has 0 aliphatic heterocycles. The number of carboxylic acids is 1. The third kappa shape index (κ3) is 2.40. The van der Waals surface area contributed by atoms with E-state index in [1.807, 2.05) is 0 Å². The number of anilines is 3. The molecule has 4 N–H and O–H groups in total. The monoisotopic (exact) mass is 246 g/mol. The van der Waals surface area contributed by atoms with Gasteiger partial charge in [-0.15, -0.1) is 0 Å². The molecule has 0 aliphatic rings. The number of aromatic carboxylic acids is 1. The minimum Gasteiger partial charge on any atom is -0.478 e. The molecule has 0 spiro atoms. The van der Waals surface area contributed by atoms with Gasteiger partial charge in [0.25, 0.3) is 0 Å². The molecule has 0 radical (unpaired) electrons. The number of hydrogen-bond donors (Lipinski definition) is 3. The van der Waals surface area contributed by atoms with Crippen molar-refractivity contribution in [3.63, 3.8) is 0 Å². The summed E-state index contributed by atoms with van der Waals surface area (Å²) in [6.07, 6.45) is 0. The van der Waals surface area contributed by atoms with Crippen molar-refractivity contribution in [1.82, 2.24) is 0 Å². The minimum atomic E-state index is -1.08. The van der Waals surface area contributed by atoms with Gasteiger partial charge in [-0.2, -0.15) is 0 Å². The Balaban J connectivity index is 2.39. The summed E-state index contributed by atoms with van der Waals surface area (Å²) in [5, 5.41) is 11.9.